The number of nitrogens with zero attached hydrogens (tertiary/aromatic N) is 1. The largest absolute Gasteiger partial charge is 0.493 e. The van der Waals surface area contributed by atoms with E-state index in [0.717, 1.165) is 19.4 Å². The highest BCUT2D eigenvalue weighted by atomic mass is 16.3. The quantitative estimate of drug-likeness (QED) is 0.350. The average molecular weight is 301 g/mol. The van der Waals surface area contributed by atoms with E-state index in [1.54, 1.807) is 0 Å². The van der Waals surface area contributed by atoms with Crippen molar-refractivity contribution in [3.63, 3.8) is 0 Å². The Morgan fingerprint density at radius 2 is 1.95 bits per heavy atom. The summed E-state index contributed by atoms with van der Waals surface area (Å²) < 4.78 is 0. The van der Waals surface area contributed by atoms with Gasteiger partial charge in [-0.3, -0.25) is 4.98 Å². The molecule has 1 aromatic heterocycles. The lowest BCUT2D eigenvalue weighted by atomic mass is 9.93. The summed E-state index contributed by atoms with van der Waals surface area (Å²) in [4.78, 5) is 17.8. The summed E-state index contributed by atoms with van der Waals surface area (Å²) in [6, 6.07) is 0. The van der Waals surface area contributed by atoms with Crippen molar-refractivity contribution in [3.8, 4) is 5.88 Å². The summed E-state index contributed by atoms with van der Waals surface area (Å²) in [6.45, 7) is 1.54. The van der Waals surface area contributed by atoms with Gasteiger partial charge in [-0.15, -0.1) is 0 Å². The Morgan fingerprint density at radius 3 is 2.57 bits per heavy atom. The number of hydrogen-bond donors (Lipinski definition) is 6. The number of nitrogens with one attached hydrogen (secondary N) is 2. The average Bonchev–Trinajstić information content (AvgIpc) is 2.76. The summed E-state index contributed by atoms with van der Waals surface area (Å²) in [7, 11) is 0. The molecule has 1 aliphatic heterocycles. The predicted octanol–water partition coefficient (Wildman–Crippen LogP) is -1.62. The number of hydrogen-bond acceptors (Lipinski definition) is 6. The van der Waals surface area contributed by atoms with Gasteiger partial charge in [-0.2, -0.15) is 0 Å². The van der Waals surface area contributed by atoms with Gasteiger partial charge in [-0.25, -0.2) is 4.79 Å². The van der Waals surface area contributed by atoms with Crippen LogP contribution in [0.15, 0.2) is 4.79 Å². The van der Waals surface area contributed by atoms with Crippen molar-refractivity contribution in [2.45, 2.75) is 31.5 Å². The fraction of sp³-hybridized carbons (Fsp3) is 0.769. The minimum atomic E-state index is -0.867. The van der Waals surface area contributed by atoms with Gasteiger partial charge in [-0.05, 0) is 25.8 Å². The second-order valence-corrected chi connectivity index (χ2v) is 5.62. The molecule has 0 bridgehead atoms. The molecule has 2 heterocycles. The van der Waals surface area contributed by atoms with Crippen LogP contribution in [0.5, 0.6) is 5.88 Å². The number of H-pyrrole nitrogens is 2. The van der Waals surface area contributed by atoms with Crippen LogP contribution in [-0.2, 0) is 6.42 Å². The van der Waals surface area contributed by atoms with Gasteiger partial charge in [0.05, 0.1) is 17.9 Å². The highest BCUT2D eigenvalue weighted by Gasteiger charge is 2.33. The van der Waals surface area contributed by atoms with Crippen LogP contribution in [0.1, 0.15) is 18.5 Å². The number of aromatic nitrogens is 2. The molecule has 1 aliphatic rings. The Hall–Kier alpha value is -1.35. The van der Waals surface area contributed by atoms with E-state index < -0.39 is 17.9 Å². The number of rotatable bonds is 6. The number of aryl methyl sites for hydroxylation is 1. The van der Waals surface area contributed by atoms with Gasteiger partial charge in [0.25, 0.3) is 0 Å². The summed E-state index contributed by atoms with van der Waals surface area (Å²) >= 11 is 0. The zero-order valence-corrected chi connectivity index (χ0v) is 11.8. The number of unbranched alkanes of at least 4 members (excludes halogenated alkanes) is 1. The molecule has 0 radical (unpaired) electrons. The van der Waals surface area contributed by atoms with E-state index in [2.05, 4.69) is 9.97 Å². The smallest absolute Gasteiger partial charge is 0.325 e. The third kappa shape index (κ3) is 4.07. The zero-order valence-electron chi connectivity index (χ0n) is 11.8. The van der Waals surface area contributed by atoms with E-state index in [9.17, 15) is 25.2 Å². The van der Waals surface area contributed by atoms with Crippen molar-refractivity contribution in [1.29, 1.82) is 0 Å². The van der Waals surface area contributed by atoms with Crippen molar-refractivity contribution >= 4 is 0 Å². The lowest BCUT2D eigenvalue weighted by Crippen LogP contribution is -2.53. The summed E-state index contributed by atoms with van der Waals surface area (Å²) in [6.07, 6.45) is 0.468. The van der Waals surface area contributed by atoms with Gasteiger partial charge in [0.15, 0.2) is 0 Å². The molecular weight excluding hydrogens is 278 g/mol. The fourth-order valence-corrected chi connectivity index (χ4v) is 2.78. The Balaban J connectivity index is 1.73. The molecular formula is C13H23N3O5. The highest BCUT2D eigenvalue weighted by molar-refractivity contribution is 5.15. The molecule has 120 valence electrons. The fourth-order valence-electron chi connectivity index (χ4n) is 2.78. The molecule has 1 fully saturated rings. The van der Waals surface area contributed by atoms with Crippen LogP contribution in [0.25, 0.3) is 0 Å². The van der Waals surface area contributed by atoms with Gasteiger partial charge < -0.3 is 30.3 Å². The van der Waals surface area contributed by atoms with E-state index in [-0.39, 0.29) is 18.4 Å². The molecule has 0 spiro atoms. The Morgan fingerprint density at radius 1 is 1.19 bits per heavy atom. The number of aromatic hydroxyl groups is 1. The summed E-state index contributed by atoms with van der Waals surface area (Å²) in [5.41, 5.74) is 0.0868. The van der Waals surface area contributed by atoms with Crippen molar-refractivity contribution in [2.24, 2.45) is 5.92 Å². The lowest BCUT2D eigenvalue weighted by molar-refractivity contribution is -0.0861. The highest BCUT2D eigenvalue weighted by Crippen LogP contribution is 2.18. The van der Waals surface area contributed by atoms with E-state index in [0.29, 0.717) is 25.2 Å². The summed E-state index contributed by atoms with van der Waals surface area (Å²) in [5, 5.41) is 38.1. The van der Waals surface area contributed by atoms with Crippen molar-refractivity contribution in [1.82, 2.24) is 14.9 Å². The predicted molar refractivity (Wildman–Crippen MR) is 75.0 cm³/mol. The molecule has 6 N–H and O–H groups in total. The second kappa shape index (κ2) is 7.08. The minimum absolute atomic E-state index is 0.114. The zero-order chi connectivity index (χ0) is 15.4. The van der Waals surface area contributed by atoms with Crippen LogP contribution in [0, 0.1) is 5.92 Å². The van der Waals surface area contributed by atoms with E-state index >= 15 is 0 Å². The van der Waals surface area contributed by atoms with Gasteiger partial charge in [0.2, 0.25) is 5.88 Å². The number of β-amino-alcohol motifs (C(OH)–C–C–N with tert-alkyl or cyclic N) is 1. The van der Waals surface area contributed by atoms with E-state index in [1.807, 2.05) is 4.90 Å². The molecule has 1 saturated heterocycles. The van der Waals surface area contributed by atoms with Gasteiger partial charge in [0.1, 0.15) is 0 Å². The van der Waals surface area contributed by atoms with Crippen LogP contribution in [0.4, 0.5) is 0 Å². The second-order valence-electron chi connectivity index (χ2n) is 5.62. The van der Waals surface area contributed by atoms with Crippen molar-refractivity contribution in [3.05, 3.63) is 16.2 Å². The monoisotopic (exact) mass is 301 g/mol. The molecule has 21 heavy (non-hydrogen) atoms. The molecule has 0 amide bonds. The molecule has 3 atom stereocenters. The van der Waals surface area contributed by atoms with Crippen LogP contribution in [0.3, 0.4) is 0 Å². The first-order valence-corrected chi connectivity index (χ1v) is 7.20. The number of aromatic amines is 2. The molecule has 1 aromatic rings. The molecule has 8 nitrogen and oxygen atoms in total. The number of aliphatic hydroxyl groups excluding tert-OH is 3. The number of imidazole rings is 1. The molecule has 2 rings (SSSR count). The van der Waals surface area contributed by atoms with Gasteiger partial charge in [-0.1, -0.05) is 0 Å². The molecule has 0 aromatic carbocycles. The lowest BCUT2D eigenvalue weighted by Gasteiger charge is -2.38. The number of piperidine rings is 1. The Kier molecular flexibility index (Phi) is 5.40. The van der Waals surface area contributed by atoms with Crippen LogP contribution in [-0.4, -0.2) is 73.7 Å². The molecule has 3 unspecified atom stereocenters. The van der Waals surface area contributed by atoms with Crippen molar-refractivity contribution < 1.29 is 20.4 Å². The van der Waals surface area contributed by atoms with Crippen molar-refractivity contribution in [2.75, 3.05) is 26.2 Å². The third-order valence-corrected chi connectivity index (χ3v) is 3.98. The van der Waals surface area contributed by atoms with E-state index in [1.165, 1.54) is 0 Å². The number of likely N-dealkylation sites (tertiary alicyclic amines) is 1. The maximum absolute atomic E-state index is 11.0. The first kappa shape index (κ1) is 16.0. The van der Waals surface area contributed by atoms with Crippen LogP contribution in [0.2, 0.25) is 0 Å². The summed E-state index contributed by atoms with van der Waals surface area (Å²) in [5.74, 6) is -0.435. The first-order chi connectivity index (χ1) is 10.0. The third-order valence-electron chi connectivity index (χ3n) is 3.98. The topological polar surface area (TPSA) is 133 Å². The maximum Gasteiger partial charge on any atom is 0.325 e. The molecule has 0 saturated carbocycles. The Labute approximate surface area is 122 Å². The Bertz CT molecular complexity index is 500. The molecule has 8 heteroatoms. The van der Waals surface area contributed by atoms with Crippen LogP contribution < -0.4 is 5.69 Å². The molecule has 0 aliphatic carbocycles. The van der Waals surface area contributed by atoms with Crippen LogP contribution >= 0.6 is 0 Å². The van der Waals surface area contributed by atoms with Gasteiger partial charge in [0, 0.05) is 25.6 Å². The normalized spacial score (nSPS) is 27.1. The van der Waals surface area contributed by atoms with Gasteiger partial charge >= 0.3 is 5.69 Å². The maximum atomic E-state index is 11.0. The minimum Gasteiger partial charge on any atom is -0.493 e. The SMILES string of the molecule is O=c1[nH]c(O)c(CCCCN2CC(O)C(O)C(CO)C2)[nH]1. The standard InChI is InChI=1S/C13H23N3O5/c17-7-8-5-16(6-10(18)11(8)19)4-2-1-3-9-12(20)15-13(21)14-9/h8,10-11,17-20H,1-7H2,(H2,14,15,21). The number of aliphatic hydroxyl groups is 3. The van der Waals surface area contributed by atoms with E-state index in [4.69, 9.17) is 0 Å². The first-order valence-electron chi connectivity index (χ1n) is 7.20.